The molecule has 0 aliphatic rings. The summed E-state index contributed by atoms with van der Waals surface area (Å²) in [5, 5.41) is 4.08. The first kappa shape index (κ1) is 20.6. The predicted octanol–water partition coefficient (Wildman–Crippen LogP) is 5.37. The van der Waals surface area contributed by atoms with E-state index in [1.807, 2.05) is 75.8 Å². The number of benzene rings is 1. The number of rotatable bonds is 7. The molecule has 0 saturated carbocycles. The van der Waals surface area contributed by atoms with Crippen molar-refractivity contribution in [1.82, 2.24) is 14.9 Å². The highest BCUT2D eigenvalue weighted by molar-refractivity contribution is 14.1. The van der Waals surface area contributed by atoms with Crippen LogP contribution in [-0.4, -0.2) is 15.7 Å². The Morgan fingerprint density at radius 1 is 1.24 bits per heavy atom. The van der Waals surface area contributed by atoms with Crippen LogP contribution in [0.25, 0.3) is 11.4 Å². The van der Waals surface area contributed by atoms with Gasteiger partial charge in [0.2, 0.25) is 5.82 Å². The molecule has 0 fully saturated rings. The van der Waals surface area contributed by atoms with Crippen molar-refractivity contribution in [2.24, 2.45) is 0 Å². The lowest BCUT2D eigenvalue weighted by Crippen LogP contribution is -2.19. The zero-order chi connectivity index (χ0) is 18.7. The Hall–Kier alpha value is -0.680. The molecule has 0 amide bonds. The Morgan fingerprint density at radius 2 is 1.96 bits per heavy atom. The van der Waals surface area contributed by atoms with Crippen LogP contribution in [0.2, 0.25) is 0 Å². The molecule has 138 valence electrons. The van der Waals surface area contributed by atoms with Gasteiger partial charge in [0.05, 0.1) is 17.8 Å². The highest BCUT2D eigenvalue weighted by Crippen LogP contribution is 2.29. The summed E-state index contributed by atoms with van der Waals surface area (Å²) in [5.41, 5.74) is 1.18. The van der Waals surface area contributed by atoms with E-state index in [1.165, 1.54) is 12.2 Å². The predicted molar refractivity (Wildman–Crippen MR) is 108 cm³/mol. The molecule has 2 rings (SSSR count). The number of aromatic nitrogens is 2. The summed E-state index contributed by atoms with van der Waals surface area (Å²) in [4.78, 5) is 4.46. The average Bonchev–Trinajstić information content (AvgIpc) is 3.04. The lowest BCUT2D eigenvalue weighted by molar-refractivity contribution is 0.122. The van der Waals surface area contributed by atoms with Crippen molar-refractivity contribution in [3.05, 3.63) is 35.7 Å². The van der Waals surface area contributed by atoms with E-state index < -0.39 is 5.60 Å². The van der Waals surface area contributed by atoms with Crippen LogP contribution in [0.3, 0.4) is 0 Å². The molecule has 0 unspecified atom stereocenters. The first-order chi connectivity index (χ1) is 11.6. The van der Waals surface area contributed by atoms with Gasteiger partial charge in [-0.1, -0.05) is 23.4 Å². The highest BCUT2D eigenvalue weighted by Gasteiger charge is 2.28. The SMILES string of the molecule is C[C@H](NSOC(C)(C)C)c1cccc(-c2noc(C(C)(C)OI)n2)c1. The topological polar surface area (TPSA) is 69.4 Å². The van der Waals surface area contributed by atoms with Gasteiger partial charge in [0.1, 0.15) is 23.0 Å². The van der Waals surface area contributed by atoms with Gasteiger partial charge < -0.3 is 4.52 Å². The van der Waals surface area contributed by atoms with E-state index in [0.29, 0.717) is 11.7 Å². The molecule has 25 heavy (non-hydrogen) atoms. The van der Waals surface area contributed by atoms with E-state index in [0.717, 1.165) is 11.1 Å². The third-order valence-electron chi connectivity index (χ3n) is 3.30. The summed E-state index contributed by atoms with van der Waals surface area (Å²) < 4.78 is 19.6. The fourth-order valence-corrected chi connectivity index (χ4v) is 2.62. The maximum absolute atomic E-state index is 5.64. The van der Waals surface area contributed by atoms with Crippen LogP contribution in [0.1, 0.15) is 59.0 Å². The fraction of sp³-hybridized carbons (Fsp3) is 0.529. The van der Waals surface area contributed by atoms with Crippen molar-refractivity contribution < 1.29 is 11.8 Å². The van der Waals surface area contributed by atoms with E-state index in [4.69, 9.17) is 11.8 Å². The van der Waals surface area contributed by atoms with Crippen LogP contribution in [-0.2, 0) is 12.9 Å². The summed E-state index contributed by atoms with van der Waals surface area (Å²) in [6.45, 7) is 11.9. The van der Waals surface area contributed by atoms with Gasteiger partial charge in [-0.25, -0.2) is 4.72 Å². The summed E-state index contributed by atoms with van der Waals surface area (Å²) in [7, 11) is 0. The van der Waals surface area contributed by atoms with E-state index in [-0.39, 0.29) is 11.6 Å². The van der Waals surface area contributed by atoms with Crippen molar-refractivity contribution in [2.75, 3.05) is 0 Å². The molecule has 1 aromatic heterocycles. The van der Waals surface area contributed by atoms with Crippen molar-refractivity contribution in [3.8, 4) is 11.4 Å². The van der Waals surface area contributed by atoms with Crippen molar-refractivity contribution in [2.45, 2.75) is 58.8 Å². The van der Waals surface area contributed by atoms with Gasteiger partial charge in [-0.15, -0.1) is 0 Å². The monoisotopic (exact) mass is 477 g/mol. The smallest absolute Gasteiger partial charge is 0.259 e. The van der Waals surface area contributed by atoms with Crippen LogP contribution >= 0.6 is 35.2 Å². The van der Waals surface area contributed by atoms with Gasteiger partial charge in [0.25, 0.3) is 5.89 Å². The molecular formula is C17H24IN3O3S. The number of halogens is 1. The molecular weight excluding hydrogens is 453 g/mol. The molecule has 6 nitrogen and oxygen atoms in total. The molecule has 1 aromatic carbocycles. The van der Waals surface area contributed by atoms with E-state index in [9.17, 15) is 0 Å². The van der Waals surface area contributed by atoms with Gasteiger partial charge in [-0.3, -0.25) is 7.25 Å². The number of hydrogen-bond donors (Lipinski definition) is 1. The average molecular weight is 477 g/mol. The Bertz CT molecular complexity index is 700. The number of hydrogen-bond acceptors (Lipinski definition) is 7. The second kappa shape index (κ2) is 8.34. The van der Waals surface area contributed by atoms with Crippen molar-refractivity contribution >= 4 is 35.2 Å². The van der Waals surface area contributed by atoms with Gasteiger partial charge in [-0.2, -0.15) is 4.98 Å². The zero-order valence-corrected chi connectivity index (χ0v) is 18.3. The largest absolute Gasteiger partial charge is 0.336 e. The van der Waals surface area contributed by atoms with Gasteiger partial charge in [0.15, 0.2) is 5.60 Å². The van der Waals surface area contributed by atoms with Gasteiger partial charge in [-0.05, 0) is 53.2 Å². The van der Waals surface area contributed by atoms with Crippen LogP contribution in [0.4, 0.5) is 0 Å². The Labute approximate surface area is 167 Å². The number of nitrogens with one attached hydrogen (secondary N) is 1. The summed E-state index contributed by atoms with van der Waals surface area (Å²) in [6.07, 6.45) is 0. The van der Waals surface area contributed by atoms with Crippen LogP contribution in [0.15, 0.2) is 28.8 Å². The lowest BCUT2D eigenvalue weighted by atomic mass is 10.1. The maximum atomic E-state index is 5.64. The van der Waals surface area contributed by atoms with Crippen LogP contribution in [0.5, 0.6) is 0 Å². The summed E-state index contributed by atoms with van der Waals surface area (Å²) in [5.74, 6) is 0.992. The first-order valence-corrected chi connectivity index (χ1v) is 9.59. The molecule has 0 radical (unpaired) electrons. The molecule has 1 N–H and O–H groups in total. The number of nitrogens with zero attached hydrogens (tertiary/aromatic N) is 2. The molecule has 1 atom stereocenters. The van der Waals surface area contributed by atoms with Crippen LogP contribution in [0, 0.1) is 0 Å². The molecule has 0 spiro atoms. The van der Waals surface area contributed by atoms with Gasteiger partial charge in [0, 0.05) is 11.6 Å². The molecule has 0 saturated heterocycles. The third-order valence-corrected chi connectivity index (χ3v) is 5.43. The van der Waals surface area contributed by atoms with E-state index in [2.05, 4.69) is 27.9 Å². The molecule has 0 aliphatic heterocycles. The minimum absolute atomic E-state index is 0.104. The van der Waals surface area contributed by atoms with Crippen molar-refractivity contribution in [1.29, 1.82) is 0 Å². The third kappa shape index (κ3) is 5.92. The molecule has 0 aliphatic carbocycles. The zero-order valence-electron chi connectivity index (χ0n) is 15.3. The highest BCUT2D eigenvalue weighted by atomic mass is 127. The van der Waals surface area contributed by atoms with Crippen LogP contribution < -0.4 is 4.72 Å². The lowest BCUT2D eigenvalue weighted by Gasteiger charge is -2.20. The summed E-state index contributed by atoms with van der Waals surface area (Å²) >= 11 is 3.10. The molecule has 0 bridgehead atoms. The Kier molecular flexibility index (Phi) is 6.88. The maximum Gasteiger partial charge on any atom is 0.259 e. The quantitative estimate of drug-likeness (QED) is 0.327. The minimum Gasteiger partial charge on any atom is -0.336 e. The Balaban J connectivity index is 2.11. The molecule has 1 heterocycles. The van der Waals surface area contributed by atoms with Gasteiger partial charge >= 0.3 is 0 Å². The van der Waals surface area contributed by atoms with E-state index in [1.54, 1.807) is 0 Å². The first-order valence-electron chi connectivity index (χ1n) is 7.97. The fourth-order valence-electron chi connectivity index (χ4n) is 1.85. The van der Waals surface area contributed by atoms with Crippen molar-refractivity contribution in [3.63, 3.8) is 0 Å². The Morgan fingerprint density at radius 3 is 2.60 bits per heavy atom. The van der Waals surface area contributed by atoms with E-state index >= 15 is 0 Å². The molecule has 8 heteroatoms. The second-order valence-corrected chi connectivity index (χ2v) is 8.26. The normalized spacial score (nSPS) is 13.9. The summed E-state index contributed by atoms with van der Waals surface area (Å²) in [6, 6.07) is 8.14. The minimum atomic E-state index is -0.626. The molecule has 2 aromatic rings. The second-order valence-electron chi connectivity index (χ2n) is 7.25. The standard InChI is InChI=1S/C17H24IN3O3S/c1-11(21-25-24-16(2,3)4)12-8-7-9-13(10-12)14-19-15(22-20-14)17(5,6)23-18/h7-11,21H,1-6H3/t11-/m0/s1.